The summed E-state index contributed by atoms with van der Waals surface area (Å²) in [4.78, 5) is 11.9. The van der Waals surface area contributed by atoms with Gasteiger partial charge in [0.25, 0.3) is 5.91 Å². The molecule has 0 saturated heterocycles. The molecule has 1 heterocycles. The quantitative estimate of drug-likeness (QED) is 0.882. The van der Waals surface area contributed by atoms with Crippen LogP contribution in [-0.2, 0) is 11.8 Å². The molecule has 1 N–H and O–H groups in total. The normalized spacial score (nSPS) is 10.3. The summed E-state index contributed by atoms with van der Waals surface area (Å²) in [5, 5.41) is 10.8. The maximum atomic E-state index is 11.9. The minimum atomic E-state index is -0.221. The summed E-state index contributed by atoms with van der Waals surface area (Å²) in [5.74, 6) is 0.161. The summed E-state index contributed by atoms with van der Waals surface area (Å²) in [7, 11) is 0. The van der Waals surface area contributed by atoms with Crippen LogP contribution in [0.1, 0.15) is 28.5 Å². The van der Waals surface area contributed by atoms with Gasteiger partial charge < -0.3 is 5.32 Å². The summed E-state index contributed by atoms with van der Waals surface area (Å²) in [6.45, 7) is 1.92. The second-order valence-corrected chi connectivity index (χ2v) is 4.26. The summed E-state index contributed by atoms with van der Waals surface area (Å²) in [6.07, 6.45) is 0.654. The lowest BCUT2D eigenvalue weighted by atomic mass is 10.1. The first kappa shape index (κ1) is 12.8. The molecule has 0 aliphatic rings. The monoisotopic (exact) mass is 309 g/mol. The molecule has 0 bridgehead atoms. The van der Waals surface area contributed by atoms with E-state index in [4.69, 9.17) is 0 Å². The van der Waals surface area contributed by atoms with Crippen molar-refractivity contribution in [3.05, 3.63) is 41.1 Å². The van der Waals surface area contributed by atoms with E-state index in [1.54, 1.807) is 12.1 Å². The number of halogens is 1. The van der Waals surface area contributed by atoms with Gasteiger partial charge in [-0.05, 0) is 29.3 Å². The molecule has 1 aromatic heterocycles. The molecule has 1 amide bonds. The van der Waals surface area contributed by atoms with Crippen molar-refractivity contribution in [3.63, 3.8) is 0 Å². The summed E-state index contributed by atoms with van der Waals surface area (Å²) in [6, 6.07) is 7.33. The van der Waals surface area contributed by atoms with Gasteiger partial charge in [-0.25, -0.2) is 4.63 Å². The second-order valence-electron chi connectivity index (χ2n) is 3.70. The van der Waals surface area contributed by atoms with Crippen molar-refractivity contribution < 1.29 is 9.42 Å². The molecule has 6 heteroatoms. The van der Waals surface area contributed by atoms with E-state index in [-0.39, 0.29) is 5.91 Å². The predicted octanol–water partition coefficient (Wildman–Crippen LogP) is 2.78. The molecule has 0 aliphatic carbocycles. The first-order chi connectivity index (χ1) is 8.74. The number of nitrogens with zero attached hydrogens (tertiary/aromatic N) is 2. The summed E-state index contributed by atoms with van der Waals surface area (Å²) < 4.78 is 4.59. The van der Waals surface area contributed by atoms with Gasteiger partial charge in [-0.3, -0.25) is 4.79 Å². The smallest absolute Gasteiger partial charge is 0.256 e. The van der Waals surface area contributed by atoms with E-state index in [2.05, 4.69) is 36.2 Å². The van der Waals surface area contributed by atoms with E-state index < -0.39 is 0 Å². The largest absolute Gasteiger partial charge is 0.302 e. The topological polar surface area (TPSA) is 68.0 Å². The fourth-order valence-electron chi connectivity index (χ4n) is 1.46. The summed E-state index contributed by atoms with van der Waals surface area (Å²) >= 11 is 3.36. The highest BCUT2D eigenvalue weighted by Crippen LogP contribution is 2.13. The zero-order valence-electron chi connectivity index (χ0n) is 9.81. The SMILES string of the molecule is CCc1nonc1NC(=O)c1ccc(CBr)cc1. The van der Waals surface area contributed by atoms with Crippen LogP contribution < -0.4 is 5.32 Å². The fraction of sp³-hybridized carbons (Fsp3) is 0.250. The molecule has 5 nitrogen and oxygen atoms in total. The molecule has 2 rings (SSSR count). The molecule has 0 saturated carbocycles. The third-order valence-electron chi connectivity index (χ3n) is 2.49. The Labute approximate surface area is 113 Å². The van der Waals surface area contributed by atoms with Gasteiger partial charge in [-0.15, -0.1) is 0 Å². The average Bonchev–Trinajstić information content (AvgIpc) is 2.86. The van der Waals surface area contributed by atoms with Crippen molar-refractivity contribution in [1.82, 2.24) is 10.3 Å². The number of hydrogen-bond acceptors (Lipinski definition) is 4. The third kappa shape index (κ3) is 2.76. The highest BCUT2D eigenvalue weighted by molar-refractivity contribution is 9.08. The van der Waals surface area contributed by atoms with Crippen LogP contribution in [0.15, 0.2) is 28.9 Å². The van der Waals surface area contributed by atoms with Crippen molar-refractivity contribution in [2.24, 2.45) is 0 Å². The van der Waals surface area contributed by atoms with E-state index in [1.807, 2.05) is 19.1 Å². The van der Waals surface area contributed by atoms with E-state index in [9.17, 15) is 4.79 Å². The van der Waals surface area contributed by atoms with Crippen molar-refractivity contribution in [1.29, 1.82) is 0 Å². The highest BCUT2D eigenvalue weighted by Gasteiger charge is 2.12. The number of carbonyl (C=O) groups excluding carboxylic acids is 1. The van der Waals surface area contributed by atoms with E-state index in [0.717, 1.165) is 10.9 Å². The van der Waals surface area contributed by atoms with E-state index in [1.165, 1.54) is 0 Å². The van der Waals surface area contributed by atoms with Gasteiger partial charge in [0.15, 0.2) is 0 Å². The molecule has 0 atom stereocenters. The van der Waals surface area contributed by atoms with Crippen LogP contribution in [0.3, 0.4) is 0 Å². The van der Waals surface area contributed by atoms with Gasteiger partial charge in [0, 0.05) is 10.9 Å². The van der Waals surface area contributed by atoms with Crippen LogP contribution in [0.25, 0.3) is 0 Å². The van der Waals surface area contributed by atoms with Gasteiger partial charge in [0.1, 0.15) is 5.69 Å². The highest BCUT2D eigenvalue weighted by atomic mass is 79.9. The van der Waals surface area contributed by atoms with Gasteiger partial charge in [-0.1, -0.05) is 40.1 Å². The Hall–Kier alpha value is -1.69. The minimum Gasteiger partial charge on any atom is -0.302 e. The Morgan fingerprint density at radius 2 is 2.06 bits per heavy atom. The van der Waals surface area contributed by atoms with Crippen LogP contribution in [0.5, 0.6) is 0 Å². The second kappa shape index (κ2) is 5.77. The Morgan fingerprint density at radius 3 is 2.67 bits per heavy atom. The average molecular weight is 310 g/mol. The minimum absolute atomic E-state index is 0.221. The molecule has 0 unspecified atom stereocenters. The lowest BCUT2D eigenvalue weighted by molar-refractivity contribution is 0.102. The number of alkyl halides is 1. The molecular weight excluding hydrogens is 298 g/mol. The van der Waals surface area contributed by atoms with Crippen LogP contribution in [0.2, 0.25) is 0 Å². The Balaban J connectivity index is 2.11. The number of carbonyl (C=O) groups is 1. The van der Waals surface area contributed by atoms with E-state index in [0.29, 0.717) is 23.5 Å². The number of rotatable bonds is 4. The number of aromatic nitrogens is 2. The third-order valence-corrected chi connectivity index (χ3v) is 3.14. The zero-order valence-corrected chi connectivity index (χ0v) is 11.4. The molecule has 0 aliphatic heterocycles. The number of benzene rings is 1. The van der Waals surface area contributed by atoms with Crippen molar-refractivity contribution in [2.75, 3.05) is 5.32 Å². The van der Waals surface area contributed by atoms with Crippen LogP contribution >= 0.6 is 15.9 Å². The van der Waals surface area contributed by atoms with Crippen LogP contribution in [-0.4, -0.2) is 16.2 Å². The number of hydrogen-bond donors (Lipinski definition) is 1. The molecule has 2 aromatic rings. The maximum Gasteiger partial charge on any atom is 0.256 e. The lowest BCUT2D eigenvalue weighted by Gasteiger charge is -2.03. The number of aryl methyl sites for hydroxylation is 1. The molecule has 0 spiro atoms. The van der Waals surface area contributed by atoms with E-state index >= 15 is 0 Å². The standard InChI is InChI=1S/C12H12BrN3O2/c1-2-10-11(16-18-15-10)14-12(17)9-5-3-8(7-13)4-6-9/h3-6H,2,7H2,1H3,(H,14,16,17). The molecular formula is C12H12BrN3O2. The fourth-order valence-corrected chi connectivity index (χ4v) is 1.83. The number of amides is 1. The Bertz CT molecular complexity index is 537. The van der Waals surface area contributed by atoms with Crippen LogP contribution in [0.4, 0.5) is 5.82 Å². The maximum absolute atomic E-state index is 11.9. The first-order valence-electron chi connectivity index (χ1n) is 5.52. The Morgan fingerprint density at radius 1 is 1.33 bits per heavy atom. The Kier molecular flexibility index (Phi) is 4.09. The number of nitrogens with one attached hydrogen (secondary N) is 1. The van der Waals surface area contributed by atoms with Gasteiger partial charge in [0.05, 0.1) is 0 Å². The van der Waals surface area contributed by atoms with Gasteiger partial charge >= 0.3 is 0 Å². The van der Waals surface area contributed by atoms with Crippen molar-refractivity contribution in [3.8, 4) is 0 Å². The molecule has 94 valence electrons. The summed E-state index contributed by atoms with van der Waals surface area (Å²) in [5.41, 5.74) is 2.33. The first-order valence-corrected chi connectivity index (χ1v) is 6.64. The van der Waals surface area contributed by atoms with Crippen molar-refractivity contribution >= 4 is 27.7 Å². The van der Waals surface area contributed by atoms with Crippen molar-refractivity contribution in [2.45, 2.75) is 18.7 Å². The van der Waals surface area contributed by atoms with Crippen LogP contribution in [0, 0.1) is 0 Å². The van der Waals surface area contributed by atoms with Gasteiger partial charge in [0.2, 0.25) is 5.82 Å². The number of anilines is 1. The molecule has 0 radical (unpaired) electrons. The predicted molar refractivity (Wildman–Crippen MR) is 70.7 cm³/mol. The molecule has 18 heavy (non-hydrogen) atoms. The molecule has 0 fully saturated rings. The molecule has 1 aromatic carbocycles. The van der Waals surface area contributed by atoms with Gasteiger partial charge in [-0.2, -0.15) is 0 Å². The zero-order chi connectivity index (χ0) is 13.0. The lowest BCUT2D eigenvalue weighted by Crippen LogP contribution is -2.13.